The molecular weight excluding hydrogens is 433 g/mol. The van der Waals surface area contributed by atoms with Crippen LogP contribution < -0.4 is 10.1 Å². The van der Waals surface area contributed by atoms with Crippen molar-refractivity contribution >= 4 is 46.6 Å². The topological polar surface area (TPSA) is 104 Å². The first-order chi connectivity index (χ1) is 13.9. The molecule has 3 aromatic rings. The van der Waals surface area contributed by atoms with Crippen LogP contribution in [0.2, 0.25) is 10.0 Å². The minimum atomic E-state index is -0.453. The van der Waals surface area contributed by atoms with Crippen molar-refractivity contribution in [3.63, 3.8) is 0 Å². The quantitative estimate of drug-likeness (QED) is 0.509. The Hall–Kier alpha value is -2.73. The van der Waals surface area contributed by atoms with Gasteiger partial charge in [0.05, 0.1) is 15.8 Å². The number of carbonyl (C=O) groups excluding carboxylic acids is 1. The third-order valence-electron chi connectivity index (χ3n) is 3.71. The number of carbonyl (C=O) groups is 1. The number of amides is 1. The summed E-state index contributed by atoms with van der Waals surface area (Å²) >= 11 is 13.0. The second-order valence-corrected chi connectivity index (χ2v) is 8.01. The second-order valence-electron chi connectivity index (χ2n) is 5.86. The Morgan fingerprint density at radius 2 is 2.07 bits per heavy atom. The van der Waals surface area contributed by atoms with Gasteiger partial charge in [0, 0.05) is 10.7 Å². The number of nitrogens with one attached hydrogen (secondary N) is 2. The molecule has 1 heterocycles. The highest BCUT2D eigenvalue weighted by Crippen LogP contribution is 2.24. The van der Waals surface area contributed by atoms with Gasteiger partial charge in [0.15, 0.2) is 5.82 Å². The summed E-state index contributed by atoms with van der Waals surface area (Å²) in [5, 5.41) is 19.4. The third kappa shape index (κ3) is 5.87. The molecule has 2 N–H and O–H groups in total. The first-order valence-electron chi connectivity index (χ1n) is 8.41. The highest BCUT2D eigenvalue weighted by Gasteiger charge is 2.18. The largest absolute Gasteiger partial charge is 0.486 e. The van der Waals surface area contributed by atoms with Crippen LogP contribution in [0, 0.1) is 11.3 Å². The smallest absolute Gasteiger partial charge is 0.237 e. The zero-order valence-corrected chi connectivity index (χ0v) is 17.5. The summed E-state index contributed by atoms with van der Waals surface area (Å²) in [4.78, 5) is 16.7. The van der Waals surface area contributed by atoms with Gasteiger partial charge < -0.3 is 10.1 Å². The molecule has 3 rings (SSSR count). The maximum atomic E-state index is 12.4. The first-order valence-corrected chi connectivity index (χ1v) is 10.0. The number of rotatable bonds is 7. The fourth-order valence-corrected chi connectivity index (χ4v) is 3.31. The molecule has 0 fully saturated rings. The Morgan fingerprint density at radius 3 is 2.76 bits per heavy atom. The van der Waals surface area contributed by atoms with E-state index in [-0.39, 0.29) is 17.5 Å². The summed E-state index contributed by atoms with van der Waals surface area (Å²) in [5.41, 5.74) is 0.861. The fraction of sp³-hybridized carbons (Fsp3) is 0.158. The van der Waals surface area contributed by atoms with Crippen LogP contribution in [0.1, 0.15) is 18.3 Å². The molecule has 0 aliphatic carbocycles. The standard InChI is InChI=1S/C19H15Cl2N5O2S/c1-11(18(27)23-14-5-2-12(9-22)16(21)8-14)29-19-24-17(25-26-19)10-28-15-6-3-13(20)4-7-15/h2-8,11H,10H2,1H3,(H,23,27)(H,24,25,26). The minimum absolute atomic E-state index is 0.208. The number of ether oxygens (including phenoxy) is 1. The lowest BCUT2D eigenvalue weighted by Crippen LogP contribution is -2.22. The van der Waals surface area contributed by atoms with Crippen molar-refractivity contribution in [2.24, 2.45) is 0 Å². The summed E-state index contributed by atoms with van der Waals surface area (Å²) in [6, 6.07) is 13.7. The summed E-state index contributed by atoms with van der Waals surface area (Å²) in [5.74, 6) is 0.960. The number of benzene rings is 2. The van der Waals surface area contributed by atoms with Crippen LogP contribution in [0.15, 0.2) is 47.6 Å². The number of anilines is 1. The number of aromatic amines is 1. The molecule has 2 aromatic carbocycles. The molecule has 1 amide bonds. The zero-order chi connectivity index (χ0) is 20.8. The first kappa shape index (κ1) is 21.0. The van der Waals surface area contributed by atoms with E-state index >= 15 is 0 Å². The molecular formula is C19H15Cl2N5O2S. The Labute approximate surface area is 181 Å². The van der Waals surface area contributed by atoms with Crippen molar-refractivity contribution < 1.29 is 9.53 Å². The minimum Gasteiger partial charge on any atom is -0.486 e. The van der Waals surface area contributed by atoms with Gasteiger partial charge in [-0.2, -0.15) is 5.26 Å². The Morgan fingerprint density at radius 1 is 1.31 bits per heavy atom. The van der Waals surface area contributed by atoms with Crippen molar-refractivity contribution in [1.82, 2.24) is 15.2 Å². The third-order valence-corrected chi connectivity index (χ3v) is 5.23. The maximum Gasteiger partial charge on any atom is 0.237 e. The molecule has 0 radical (unpaired) electrons. The van der Waals surface area contributed by atoms with E-state index in [0.717, 1.165) is 0 Å². The number of H-pyrrole nitrogens is 1. The van der Waals surface area contributed by atoms with Gasteiger partial charge in [-0.25, -0.2) is 4.98 Å². The number of hydrogen-bond donors (Lipinski definition) is 2. The van der Waals surface area contributed by atoms with Crippen LogP contribution in [-0.4, -0.2) is 26.3 Å². The number of aromatic nitrogens is 3. The van der Waals surface area contributed by atoms with Crippen LogP contribution in [-0.2, 0) is 11.4 Å². The predicted octanol–water partition coefficient (Wildman–Crippen LogP) is 4.68. The average molecular weight is 448 g/mol. The van der Waals surface area contributed by atoms with Crippen LogP contribution in [0.3, 0.4) is 0 Å². The van der Waals surface area contributed by atoms with Crippen molar-refractivity contribution in [3.05, 3.63) is 63.9 Å². The van der Waals surface area contributed by atoms with Gasteiger partial charge >= 0.3 is 0 Å². The predicted molar refractivity (Wildman–Crippen MR) is 112 cm³/mol. The molecule has 148 valence electrons. The molecule has 1 aromatic heterocycles. The molecule has 10 heteroatoms. The number of hydrogen-bond acceptors (Lipinski definition) is 6. The SMILES string of the molecule is CC(Sc1n[nH]c(COc2ccc(Cl)cc2)n1)C(=O)Nc1ccc(C#N)c(Cl)c1. The van der Waals surface area contributed by atoms with Gasteiger partial charge in [0.25, 0.3) is 0 Å². The Kier molecular flexibility index (Phi) is 6.99. The number of thioether (sulfide) groups is 1. The van der Waals surface area contributed by atoms with E-state index in [1.807, 2.05) is 6.07 Å². The van der Waals surface area contributed by atoms with Crippen molar-refractivity contribution in [1.29, 1.82) is 5.26 Å². The van der Waals surface area contributed by atoms with Gasteiger partial charge in [-0.05, 0) is 49.4 Å². The van der Waals surface area contributed by atoms with Crippen LogP contribution >= 0.6 is 35.0 Å². The van der Waals surface area contributed by atoms with E-state index in [1.54, 1.807) is 43.3 Å². The molecule has 0 spiro atoms. The van der Waals surface area contributed by atoms with Gasteiger partial charge in [-0.1, -0.05) is 35.0 Å². The summed E-state index contributed by atoms with van der Waals surface area (Å²) in [6.07, 6.45) is 0. The van der Waals surface area contributed by atoms with E-state index in [9.17, 15) is 4.79 Å². The highest BCUT2D eigenvalue weighted by atomic mass is 35.5. The molecule has 1 atom stereocenters. The summed E-state index contributed by atoms with van der Waals surface area (Å²) < 4.78 is 5.61. The van der Waals surface area contributed by atoms with E-state index < -0.39 is 5.25 Å². The molecule has 29 heavy (non-hydrogen) atoms. The number of nitrogens with zero attached hydrogens (tertiary/aromatic N) is 3. The lowest BCUT2D eigenvalue weighted by molar-refractivity contribution is -0.115. The maximum absolute atomic E-state index is 12.4. The van der Waals surface area contributed by atoms with Crippen LogP contribution in [0.25, 0.3) is 0 Å². The van der Waals surface area contributed by atoms with Gasteiger partial charge in [-0.15, -0.1) is 5.10 Å². The van der Waals surface area contributed by atoms with Crippen molar-refractivity contribution in [2.75, 3.05) is 5.32 Å². The average Bonchev–Trinajstić information content (AvgIpc) is 3.15. The van der Waals surface area contributed by atoms with E-state index in [0.29, 0.717) is 33.0 Å². The molecule has 0 aliphatic heterocycles. The van der Waals surface area contributed by atoms with Crippen LogP contribution in [0.4, 0.5) is 5.69 Å². The van der Waals surface area contributed by atoms with E-state index in [2.05, 4.69) is 20.5 Å². The Balaban J connectivity index is 1.53. The van der Waals surface area contributed by atoms with Crippen LogP contribution in [0.5, 0.6) is 5.75 Å². The zero-order valence-electron chi connectivity index (χ0n) is 15.1. The van der Waals surface area contributed by atoms with Crippen molar-refractivity contribution in [3.8, 4) is 11.8 Å². The normalized spacial score (nSPS) is 11.5. The second kappa shape index (κ2) is 9.65. The molecule has 7 nitrogen and oxygen atoms in total. The molecule has 0 aliphatic rings. The van der Waals surface area contributed by atoms with Gasteiger partial charge in [0.2, 0.25) is 11.1 Å². The van der Waals surface area contributed by atoms with E-state index in [4.69, 9.17) is 33.2 Å². The lowest BCUT2D eigenvalue weighted by atomic mass is 10.2. The summed E-state index contributed by atoms with van der Waals surface area (Å²) in [6.45, 7) is 1.95. The fourth-order valence-electron chi connectivity index (χ4n) is 2.22. The van der Waals surface area contributed by atoms with Gasteiger partial charge in [0.1, 0.15) is 18.4 Å². The molecule has 0 saturated carbocycles. The molecule has 1 unspecified atom stereocenters. The lowest BCUT2D eigenvalue weighted by Gasteiger charge is -2.10. The van der Waals surface area contributed by atoms with E-state index in [1.165, 1.54) is 17.8 Å². The highest BCUT2D eigenvalue weighted by molar-refractivity contribution is 8.00. The van der Waals surface area contributed by atoms with Crippen molar-refractivity contribution in [2.45, 2.75) is 23.9 Å². The Bertz CT molecular complexity index is 1050. The number of halogens is 2. The summed E-state index contributed by atoms with van der Waals surface area (Å²) in [7, 11) is 0. The number of nitriles is 1. The molecule has 0 saturated heterocycles. The van der Waals surface area contributed by atoms with Gasteiger partial charge in [-0.3, -0.25) is 9.89 Å². The molecule has 0 bridgehead atoms. The monoisotopic (exact) mass is 447 g/mol.